The van der Waals surface area contributed by atoms with E-state index in [0.717, 1.165) is 19.1 Å². The molecule has 0 aliphatic carbocycles. The zero-order valence-corrected chi connectivity index (χ0v) is 12.0. The summed E-state index contributed by atoms with van der Waals surface area (Å²) in [7, 11) is 0. The van der Waals surface area contributed by atoms with Crippen molar-refractivity contribution < 1.29 is 4.74 Å². The molecule has 1 aliphatic rings. The van der Waals surface area contributed by atoms with Crippen LogP contribution in [0.2, 0.25) is 0 Å². The number of unbranched alkanes of at least 4 members (excludes halogenated alkanes) is 1. The second-order valence-corrected chi connectivity index (χ2v) is 5.72. The van der Waals surface area contributed by atoms with Gasteiger partial charge in [-0.15, -0.1) is 0 Å². The third-order valence-corrected chi connectivity index (χ3v) is 3.78. The van der Waals surface area contributed by atoms with E-state index in [1.165, 1.54) is 44.9 Å². The van der Waals surface area contributed by atoms with Crippen LogP contribution in [-0.4, -0.2) is 25.3 Å². The Kier molecular flexibility index (Phi) is 7.87. The summed E-state index contributed by atoms with van der Waals surface area (Å²) in [4.78, 5) is 0. The van der Waals surface area contributed by atoms with Gasteiger partial charge in [0.2, 0.25) is 0 Å². The highest BCUT2D eigenvalue weighted by atomic mass is 16.5. The topological polar surface area (TPSA) is 21.3 Å². The smallest absolute Gasteiger partial charge is 0.0576 e. The van der Waals surface area contributed by atoms with E-state index >= 15 is 0 Å². The number of hydrogen-bond donors (Lipinski definition) is 1. The van der Waals surface area contributed by atoms with E-state index in [4.69, 9.17) is 4.74 Å². The molecular formula is C15H31NO. The lowest BCUT2D eigenvalue weighted by Crippen LogP contribution is -2.34. The fourth-order valence-corrected chi connectivity index (χ4v) is 2.61. The van der Waals surface area contributed by atoms with E-state index in [2.05, 4.69) is 26.1 Å². The van der Waals surface area contributed by atoms with Crippen LogP contribution >= 0.6 is 0 Å². The van der Waals surface area contributed by atoms with E-state index in [0.29, 0.717) is 12.1 Å². The van der Waals surface area contributed by atoms with Crippen LogP contribution in [0.5, 0.6) is 0 Å². The van der Waals surface area contributed by atoms with Crippen LogP contribution in [0.3, 0.4) is 0 Å². The lowest BCUT2D eigenvalue weighted by atomic mass is 9.97. The molecule has 0 aromatic carbocycles. The molecule has 1 rings (SSSR count). The molecule has 1 N–H and O–H groups in total. The van der Waals surface area contributed by atoms with Gasteiger partial charge in [0.1, 0.15) is 0 Å². The van der Waals surface area contributed by atoms with Gasteiger partial charge in [-0.3, -0.25) is 0 Å². The SMILES string of the molecule is CCCNC(CCCCC1CCCO1)C(C)C. The third kappa shape index (κ3) is 6.42. The van der Waals surface area contributed by atoms with E-state index in [9.17, 15) is 0 Å². The summed E-state index contributed by atoms with van der Waals surface area (Å²) in [6.07, 6.45) is 9.67. The Balaban J connectivity index is 2.04. The summed E-state index contributed by atoms with van der Waals surface area (Å²) in [6, 6.07) is 0.708. The van der Waals surface area contributed by atoms with Crippen molar-refractivity contribution in [3.05, 3.63) is 0 Å². The van der Waals surface area contributed by atoms with Crippen LogP contribution in [0.1, 0.15) is 65.7 Å². The fraction of sp³-hybridized carbons (Fsp3) is 1.00. The van der Waals surface area contributed by atoms with Gasteiger partial charge in [-0.05, 0) is 44.6 Å². The van der Waals surface area contributed by atoms with Crippen LogP contribution in [0.4, 0.5) is 0 Å². The molecule has 1 aliphatic heterocycles. The number of nitrogens with one attached hydrogen (secondary N) is 1. The van der Waals surface area contributed by atoms with E-state index in [-0.39, 0.29) is 0 Å². The maximum atomic E-state index is 5.66. The first kappa shape index (κ1) is 15.0. The second kappa shape index (κ2) is 8.93. The molecule has 1 saturated heterocycles. The zero-order valence-electron chi connectivity index (χ0n) is 12.0. The Morgan fingerprint density at radius 2 is 2.12 bits per heavy atom. The standard InChI is InChI=1S/C15H31NO/c1-4-11-16-15(13(2)3)10-6-5-8-14-9-7-12-17-14/h13-16H,4-12H2,1-3H3. The van der Waals surface area contributed by atoms with Gasteiger partial charge in [0, 0.05) is 12.6 Å². The van der Waals surface area contributed by atoms with Crippen molar-refractivity contribution in [2.45, 2.75) is 77.9 Å². The summed E-state index contributed by atoms with van der Waals surface area (Å²) in [5.74, 6) is 0.754. The van der Waals surface area contributed by atoms with Gasteiger partial charge < -0.3 is 10.1 Å². The molecule has 0 spiro atoms. The van der Waals surface area contributed by atoms with Crippen LogP contribution in [0.15, 0.2) is 0 Å². The van der Waals surface area contributed by atoms with E-state index < -0.39 is 0 Å². The summed E-state index contributed by atoms with van der Waals surface area (Å²) < 4.78 is 5.66. The highest BCUT2D eigenvalue weighted by molar-refractivity contribution is 4.71. The molecule has 2 nitrogen and oxygen atoms in total. The molecule has 1 fully saturated rings. The summed E-state index contributed by atoms with van der Waals surface area (Å²) in [6.45, 7) is 9.05. The minimum Gasteiger partial charge on any atom is -0.378 e. The van der Waals surface area contributed by atoms with Crippen molar-refractivity contribution in [3.63, 3.8) is 0 Å². The molecule has 0 amide bonds. The maximum absolute atomic E-state index is 5.66. The van der Waals surface area contributed by atoms with Crippen molar-refractivity contribution in [2.24, 2.45) is 5.92 Å². The maximum Gasteiger partial charge on any atom is 0.0576 e. The van der Waals surface area contributed by atoms with Gasteiger partial charge in [0.05, 0.1) is 6.10 Å². The van der Waals surface area contributed by atoms with Crippen molar-refractivity contribution in [2.75, 3.05) is 13.2 Å². The van der Waals surface area contributed by atoms with Crippen molar-refractivity contribution in [1.29, 1.82) is 0 Å². The monoisotopic (exact) mass is 241 g/mol. The lowest BCUT2D eigenvalue weighted by Gasteiger charge is -2.22. The van der Waals surface area contributed by atoms with Crippen LogP contribution in [0.25, 0.3) is 0 Å². The molecule has 102 valence electrons. The largest absolute Gasteiger partial charge is 0.378 e. The van der Waals surface area contributed by atoms with Gasteiger partial charge in [0.25, 0.3) is 0 Å². The Morgan fingerprint density at radius 1 is 1.29 bits per heavy atom. The van der Waals surface area contributed by atoms with Crippen molar-refractivity contribution in [3.8, 4) is 0 Å². The molecule has 2 heteroatoms. The second-order valence-electron chi connectivity index (χ2n) is 5.72. The molecule has 2 unspecified atom stereocenters. The highest BCUT2D eigenvalue weighted by Gasteiger charge is 2.16. The number of ether oxygens (including phenoxy) is 1. The summed E-state index contributed by atoms with van der Waals surface area (Å²) in [5.41, 5.74) is 0. The first-order chi connectivity index (χ1) is 8.24. The van der Waals surface area contributed by atoms with Crippen molar-refractivity contribution >= 4 is 0 Å². The Labute approximate surface area is 108 Å². The minimum absolute atomic E-state index is 0.580. The molecule has 0 saturated carbocycles. The Morgan fingerprint density at radius 3 is 2.71 bits per heavy atom. The first-order valence-corrected chi connectivity index (χ1v) is 7.59. The van der Waals surface area contributed by atoms with E-state index in [1.807, 2.05) is 0 Å². The van der Waals surface area contributed by atoms with Crippen LogP contribution < -0.4 is 5.32 Å². The van der Waals surface area contributed by atoms with E-state index in [1.54, 1.807) is 0 Å². The Bertz CT molecular complexity index is 176. The average Bonchev–Trinajstić information content (AvgIpc) is 2.80. The molecular weight excluding hydrogens is 210 g/mol. The fourth-order valence-electron chi connectivity index (χ4n) is 2.61. The predicted molar refractivity (Wildman–Crippen MR) is 74.4 cm³/mol. The zero-order chi connectivity index (χ0) is 12.5. The van der Waals surface area contributed by atoms with Gasteiger partial charge in [-0.25, -0.2) is 0 Å². The third-order valence-electron chi connectivity index (χ3n) is 3.78. The van der Waals surface area contributed by atoms with Crippen LogP contribution in [0, 0.1) is 5.92 Å². The molecule has 2 atom stereocenters. The summed E-state index contributed by atoms with van der Waals surface area (Å²) in [5, 5.41) is 3.67. The number of hydrogen-bond acceptors (Lipinski definition) is 2. The van der Waals surface area contributed by atoms with Crippen LogP contribution in [-0.2, 0) is 4.74 Å². The predicted octanol–water partition coefficient (Wildman–Crippen LogP) is 3.75. The van der Waals surface area contributed by atoms with Gasteiger partial charge in [0.15, 0.2) is 0 Å². The molecule has 0 aromatic rings. The molecule has 17 heavy (non-hydrogen) atoms. The average molecular weight is 241 g/mol. The lowest BCUT2D eigenvalue weighted by molar-refractivity contribution is 0.101. The molecule has 0 bridgehead atoms. The molecule has 0 radical (unpaired) electrons. The van der Waals surface area contributed by atoms with Crippen molar-refractivity contribution in [1.82, 2.24) is 5.32 Å². The number of rotatable bonds is 9. The van der Waals surface area contributed by atoms with Gasteiger partial charge >= 0.3 is 0 Å². The molecule has 1 heterocycles. The normalized spacial score (nSPS) is 22.2. The molecule has 0 aromatic heterocycles. The van der Waals surface area contributed by atoms with Gasteiger partial charge in [-0.1, -0.05) is 33.6 Å². The Hall–Kier alpha value is -0.0800. The highest BCUT2D eigenvalue weighted by Crippen LogP contribution is 2.19. The quantitative estimate of drug-likeness (QED) is 0.621. The summed E-state index contributed by atoms with van der Waals surface area (Å²) >= 11 is 0. The van der Waals surface area contributed by atoms with Gasteiger partial charge in [-0.2, -0.15) is 0 Å². The first-order valence-electron chi connectivity index (χ1n) is 7.59. The minimum atomic E-state index is 0.580.